The number of hydrogen-bond donors (Lipinski definition) is 1. The predicted molar refractivity (Wildman–Crippen MR) is 89.8 cm³/mol. The number of rotatable bonds is 4. The maximum absolute atomic E-state index is 12.3. The molecule has 130 valence electrons. The molecular formula is C17H22ClN3O3. The van der Waals surface area contributed by atoms with E-state index in [9.17, 15) is 9.59 Å². The van der Waals surface area contributed by atoms with Gasteiger partial charge in [0.05, 0.1) is 10.9 Å². The van der Waals surface area contributed by atoms with E-state index in [-0.39, 0.29) is 29.9 Å². The van der Waals surface area contributed by atoms with Gasteiger partial charge in [0.15, 0.2) is 0 Å². The van der Waals surface area contributed by atoms with E-state index in [1.54, 1.807) is 30.3 Å². The Kier molecular flexibility index (Phi) is 5.23. The topological polar surface area (TPSA) is 71.5 Å². The molecule has 1 saturated carbocycles. The van der Waals surface area contributed by atoms with E-state index < -0.39 is 0 Å². The van der Waals surface area contributed by atoms with Crippen LogP contribution in [0.2, 0.25) is 5.02 Å². The molecule has 2 fully saturated rings. The first-order valence-electron chi connectivity index (χ1n) is 8.34. The molecule has 1 aromatic heterocycles. The third-order valence-corrected chi connectivity index (χ3v) is 4.94. The van der Waals surface area contributed by atoms with Crippen molar-refractivity contribution in [3.63, 3.8) is 0 Å². The van der Waals surface area contributed by atoms with Gasteiger partial charge in [-0.05, 0) is 31.7 Å². The van der Waals surface area contributed by atoms with Gasteiger partial charge < -0.3 is 15.0 Å². The van der Waals surface area contributed by atoms with Gasteiger partial charge >= 0.3 is 0 Å². The summed E-state index contributed by atoms with van der Waals surface area (Å²) in [5.41, 5.74) is 0. The van der Waals surface area contributed by atoms with Gasteiger partial charge in [-0.25, -0.2) is 4.98 Å². The Bertz CT molecular complexity index is 600. The molecule has 1 atom stereocenters. The van der Waals surface area contributed by atoms with Gasteiger partial charge in [-0.2, -0.15) is 0 Å². The lowest BCUT2D eigenvalue weighted by atomic mass is 9.92. The first-order chi connectivity index (χ1) is 11.5. The van der Waals surface area contributed by atoms with Crippen LogP contribution < -0.4 is 10.1 Å². The largest absolute Gasteiger partial charge is 0.474 e. The first-order valence-corrected chi connectivity index (χ1v) is 8.71. The molecule has 3 rings (SSSR count). The molecule has 0 bridgehead atoms. The minimum Gasteiger partial charge on any atom is -0.474 e. The van der Waals surface area contributed by atoms with Gasteiger partial charge in [0.2, 0.25) is 17.7 Å². The number of pyridine rings is 1. The van der Waals surface area contributed by atoms with Crippen molar-refractivity contribution in [2.45, 2.75) is 44.2 Å². The molecule has 2 heterocycles. The molecule has 7 heteroatoms. The quantitative estimate of drug-likeness (QED) is 0.900. The lowest BCUT2D eigenvalue weighted by Gasteiger charge is -2.29. The highest BCUT2D eigenvalue weighted by atomic mass is 35.5. The van der Waals surface area contributed by atoms with Crippen LogP contribution in [-0.4, -0.2) is 47.4 Å². The van der Waals surface area contributed by atoms with Gasteiger partial charge in [-0.1, -0.05) is 11.6 Å². The van der Waals surface area contributed by atoms with Crippen molar-refractivity contribution in [2.24, 2.45) is 5.92 Å². The van der Waals surface area contributed by atoms with E-state index in [4.69, 9.17) is 16.3 Å². The van der Waals surface area contributed by atoms with Crippen molar-refractivity contribution in [2.75, 3.05) is 13.6 Å². The number of carbonyl (C=O) groups excluding carboxylic acids is 2. The fraction of sp³-hybridized carbons (Fsp3) is 0.588. The lowest BCUT2D eigenvalue weighted by molar-refractivity contribution is -0.128. The molecule has 2 aliphatic rings. The second kappa shape index (κ2) is 7.38. The highest BCUT2D eigenvalue weighted by Gasteiger charge is 2.33. The van der Waals surface area contributed by atoms with Crippen LogP contribution in [-0.2, 0) is 9.59 Å². The summed E-state index contributed by atoms with van der Waals surface area (Å²) in [6.07, 6.45) is 5.51. The average molecular weight is 352 g/mol. The Morgan fingerprint density at radius 3 is 2.67 bits per heavy atom. The molecule has 6 nitrogen and oxygen atoms in total. The summed E-state index contributed by atoms with van der Waals surface area (Å²) < 4.78 is 5.86. The third-order valence-electron chi connectivity index (χ3n) is 4.72. The van der Waals surface area contributed by atoms with E-state index in [0.717, 1.165) is 25.7 Å². The minimum absolute atomic E-state index is 0.00330. The number of carbonyl (C=O) groups is 2. The average Bonchev–Trinajstić information content (AvgIpc) is 2.91. The number of nitrogens with one attached hydrogen (secondary N) is 1. The monoisotopic (exact) mass is 351 g/mol. The van der Waals surface area contributed by atoms with Gasteiger partial charge in [0, 0.05) is 38.3 Å². The van der Waals surface area contributed by atoms with E-state index in [2.05, 4.69) is 10.3 Å². The summed E-state index contributed by atoms with van der Waals surface area (Å²) in [6.45, 7) is 0.519. The zero-order valence-corrected chi connectivity index (χ0v) is 14.5. The van der Waals surface area contributed by atoms with E-state index in [1.165, 1.54) is 0 Å². The van der Waals surface area contributed by atoms with Crippen LogP contribution in [0.25, 0.3) is 0 Å². The smallest absolute Gasteiger partial charge is 0.225 e. The highest BCUT2D eigenvalue weighted by Crippen LogP contribution is 2.24. The zero-order chi connectivity index (χ0) is 17.1. The number of aromatic nitrogens is 1. The molecule has 0 aromatic carbocycles. The summed E-state index contributed by atoms with van der Waals surface area (Å²) in [4.78, 5) is 29.6. The standard InChI is InChI=1S/C17H22ClN3O3/c1-21-10-11(8-16(21)22)17(23)20-13-3-5-14(6-4-13)24-15-7-2-12(18)9-19-15/h2,7,9,11,13-14H,3-6,8,10H2,1H3,(H,20,23). The van der Waals surface area contributed by atoms with Crippen molar-refractivity contribution in [3.05, 3.63) is 23.4 Å². The van der Waals surface area contributed by atoms with Crippen LogP contribution in [0.3, 0.4) is 0 Å². The number of ether oxygens (including phenoxy) is 1. The Balaban J connectivity index is 1.43. The Hall–Kier alpha value is -1.82. The predicted octanol–water partition coefficient (Wildman–Crippen LogP) is 2.02. The van der Waals surface area contributed by atoms with Crippen LogP contribution in [0.4, 0.5) is 0 Å². The summed E-state index contributed by atoms with van der Waals surface area (Å²) in [5, 5.41) is 3.68. The summed E-state index contributed by atoms with van der Waals surface area (Å²) in [7, 11) is 1.74. The minimum atomic E-state index is -0.213. The maximum Gasteiger partial charge on any atom is 0.225 e. The highest BCUT2D eigenvalue weighted by molar-refractivity contribution is 6.30. The van der Waals surface area contributed by atoms with Crippen LogP contribution in [0.5, 0.6) is 5.88 Å². The fourth-order valence-electron chi connectivity index (χ4n) is 3.29. The number of nitrogens with zero attached hydrogens (tertiary/aromatic N) is 2. The Labute approximate surface area is 146 Å². The second-order valence-corrected chi connectivity index (χ2v) is 7.03. The molecule has 0 spiro atoms. The van der Waals surface area contributed by atoms with Crippen molar-refractivity contribution in [1.82, 2.24) is 15.2 Å². The Morgan fingerprint density at radius 2 is 2.08 bits per heavy atom. The molecule has 1 unspecified atom stereocenters. The van der Waals surface area contributed by atoms with E-state index >= 15 is 0 Å². The van der Waals surface area contributed by atoms with E-state index in [1.807, 2.05) is 0 Å². The Morgan fingerprint density at radius 1 is 1.33 bits per heavy atom. The molecule has 1 N–H and O–H groups in total. The second-order valence-electron chi connectivity index (χ2n) is 6.59. The SMILES string of the molecule is CN1CC(C(=O)NC2CCC(Oc3ccc(Cl)cn3)CC2)CC1=O. The molecule has 1 aromatic rings. The number of halogens is 1. The molecule has 2 amide bonds. The molecule has 0 radical (unpaired) electrons. The van der Waals surface area contributed by atoms with Gasteiger partial charge in [-0.15, -0.1) is 0 Å². The lowest BCUT2D eigenvalue weighted by Crippen LogP contribution is -2.42. The molecule has 24 heavy (non-hydrogen) atoms. The molecule has 1 saturated heterocycles. The summed E-state index contributed by atoms with van der Waals surface area (Å²) in [6, 6.07) is 3.69. The molecule has 1 aliphatic heterocycles. The summed E-state index contributed by atoms with van der Waals surface area (Å²) >= 11 is 5.81. The van der Waals surface area contributed by atoms with Crippen molar-refractivity contribution in [1.29, 1.82) is 0 Å². The van der Waals surface area contributed by atoms with Gasteiger partial charge in [-0.3, -0.25) is 9.59 Å². The maximum atomic E-state index is 12.3. The van der Waals surface area contributed by atoms with Crippen molar-refractivity contribution in [3.8, 4) is 5.88 Å². The number of likely N-dealkylation sites (tertiary alicyclic amines) is 1. The van der Waals surface area contributed by atoms with Crippen LogP contribution in [0.1, 0.15) is 32.1 Å². The first kappa shape index (κ1) is 17.0. The summed E-state index contributed by atoms with van der Waals surface area (Å²) in [5.74, 6) is 0.410. The van der Waals surface area contributed by atoms with Crippen molar-refractivity contribution < 1.29 is 14.3 Å². The third kappa shape index (κ3) is 4.17. The number of amides is 2. The number of hydrogen-bond acceptors (Lipinski definition) is 4. The molecule has 1 aliphatic carbocycles. The van der Waals surface area contributed by atoms with Gasteiger partial charge in [0.25, 0.3) is 0 Å². The van der Waals surface area contributed by atoms with Crippen LogP contribution in [0.15, 0.2) is 18.3 Å². The van der Waals surface area contributed by atoms with Crippen molar-refractivity contribution >= 4 is 23.4 Å². The zero-order valence-electron chi connectivity index (χ0n) is 13.7. The van der Waals surface area contributed by atoms with Crippen LogP contribution in [0, 0.1) is 5.92 Å². The van der Waals surface area contributed by atoms with Gasteiger partial charge in [0.1, 0.15) is 6.10 Å². The normalized spacial score (nSPS) is 27.2. The van der Waals surface area contributed by atoms with Crippen LogP contribution >= 0.6 is 11.6 Å². The van der Waals surface area contributed by atoms with E-state index in [0.29, 0.717) is 23.9 Å². The fourth-order valence-corrected chi connectivity index (χ4v) is 3.40. The molecular weight excluding hydrogens is 330 g/mol.